The molecule has 3 aromatic rings. The number of carbonyl (C=O) groups excluding carboxylic acids is 1. The lowest BCUT2D eigenvalue weighted by molar-refractivity contribution is -0.115. The second kappa shape index (κ2) is 11.5. The van der Waals surface area contributed by atoms with Gasteiger partial charge in [-0.1, -0.05) is 65.4 Å². The molecule has 0 unspecified atom stereocenters. The number of hydrogen-bond donors (Lipinski definition) is 1. The summed E-state index contributed by atoms with van der Waals surface area (Å²) < 4.78 is 35.4. The molecule has 0 saturated heterocycles. The van der Waals surface area contributed by atoms with Crippen LogP contribution in [0.1, 0.15) is 96.1 Å². The van der Waals surface area contributed by atoms with Crippen molar-refractivity contribution in [3.8, 4) is 0 Å². The summed E-state index contributed by atoms with van der Waals surface area (Å²) in [4.78, 5) is 13.2. The summed E-state index contributed by atoms with van der Waals surface area (Å²) in [6.45, 7) is 6.48. The second-order valence-corrected chi connectivity index (χ2v) is 14.2. The van der Waals surface area contributed by atoms with Crippen LogP contribution in [0.25, 0.3) is 11.0 Å². The van der Waals surface area contributed by atoms with Gasteiger partial charge in [0, 0.05) is 28.7 Å². The SMILES string of the molecule is CC(C)(C)c1ccc2occ(CC(=O)Nc3ccc(S(=O)(=O)N(C4CCCCC4)C4CCCCC4)cc3)c2c1. The molecule has 1 heterocycles. The first kappa shape index (κ1) is 27.9. The Morgan fingerprint density at radius 3 is 2.05 bits per heavy atom. The molecule has 2 aliphatic carbocycles. The summed E-state index contributed by atoms with van der Waals surface area (Å²) in [5, 5.41) is 3.88. The smallest absolute Gasteiger partial charge is 0.243 e. The number of hydrogen-bond acceptors (Lipinski definition) is 4. The molecule has 6 nitrogen and oxygen atoms in total. The highest BCUT2D eigenvalue weighted by molar-refractivity contribution is 7.89. The Balaban J connectivity index is 1.30. The number of anilines is 1. The highest BCUT2D eigenvalue weighted by Gasteiger charge is 2.38. The number of nitrogens with one attached hydrogen (secondary N) is 1. The van der Waals surface area contributed by atoms with Gasteiger partial charge < -0.3 is 9.73 Å². The van der Waals surface area contributed by atoms with Gasteiger partial charge in [-0.25, -0.2) is 8.42 Å². The van der Waals surface area contributed by atoms with E-state index in [9.17, 15) is 13.2 Å². The summed E-state index contributed by atoms with van der Waals surface area (Å²) in [6.07, 6.45) is 12.4. The number of rotatable bonds is 7. The second-order valence-electron chi connectivity index (χ2n) is 12.4. The van der Waals surface area contributed by atoms with Crippen LogP contribution in [-0.4, -0.2) is 30.7 Å². The van der Waals surface area contributed by atoms with E-state index in [0.717, 1.165) is 67.9 Å². The fourth-order valence-corrected chi connectivity index (χ4v) is 8.19. The molecule has 0 aliphatic heterocycles. The molecule has 0 atom stereocenters. The van der Waals surface area contributed by atoms with Crippen molar-refractivity contribution in [2.45, 2.75) is 114 Å². The average molecular weight is 551 g/mol. The quantitative estimate of drug-likeness (QED) is 0.329. The van der Waals surface area contributed by atoms with Gasteiger partial charge in [0.1, 0.15) is 5.58 Å². The third-order valence-corrected chi connectivity index (χ3v) is 10.5. The Morgan fingerprint density at radius 1 is 0.897 bits per heavy atom. The Kier molecular flexibility index (Phi) is 8.20. The maximum absolute atomic E-state index is 13.9. The van der Waals surface area contributed by atoms with Crippen LogP contribution in [0, 0.1) is 0 Å². The highest BCUT2D eigenvalue weighted by Crippen LogP contribution is 2.35. The largest absolute Gasteiger partial charge is 0.464 e. The third-order valence-electron chi connectivity index (χ3n) is 8.45. The number of amides is 1. The summed E-state index contributed by atoms with van der Waals surface area (Å²) >= 11 is 0. The number of carbonyl (C=O) groups is 1. The van der Waals surface area contributed by atoms with Crippen molar-refractivity contribution >= 4 is 32.6 Å². The van der Waals surface area contributed by atoms with Gasteiger partial charge in [0.2, 0.25) is 15.9 Å². The van der Waals surface area contributed by atoms with E-state index in [1.54, 1.807) is 30.5 Å². The molecule has 1 amide bonds. The van der Waals surface area contributed by atoms with Crippen molar-refractivity contribution in [3.63, 3.8) is 0 Å². The first-order valence-corrected chi connectivity index (χ1v) is 16.0. The predicted molar refractivity (Wildman–Crippen MR) is 156 cm³/mol. The summed E-state index contributed by atoms with van der Waals surface area (Å²) in [5.74, 6) is -0.166. The van der Waals surface area contributed by atoms with Crippen LogP contribution >= 0.6 is 0 Å². The van der Waals surface area contributed by atoms with Gasteiger partial charge in [0.15, 0.2) is 0 Å². The van der Waals surface area contributed by atoms with E-state index in [4.69, 9.17) is 4.42 Å². The first-order valence-electron chi connectivity index (χ1n) is 14.6. The van der Waals surface area contributed by atoms with Crippen LogP contribution in [0.2, 0.25) is 0 Å². The molecule has 0 radical (unpaired) electrons. The molecule has 2 aromatic carbocycles. The van der Waals surface area contributed by atoms with Crippen LogP contribution < -0.4 is 5.32 Å². The monoisotopic (exact) mass is 550 g/mol. The molecule has 7 heteroatoms. The number of benzene rings is 2. The molecule has 2 fully saturated rings. The fourth-order valence-electron chi connectivity index (χ4n) is 6.26. The first-order chi connectivity index (χ1) is 18.6. The topological polar surface area (TPSA) is 79.6 Å². The molecule has 1 N–H and O–H groups in total. The molecule has 0 spiro atoms. The van der Waals surface area contributed by atoms with Crippen molar-refractivity contribution in [2.75, 3.05) is 5.32 Å². The molecular formula is C32H42N2O4S. The minimum absolute atomic E-state index is 0.00335. The van der Waals surface area contributed by atoms with Gasteiger partial charge in [-0.3, -0.25) is 4.79 Å². The lowest BCUT2D eigenvalue weighted by Crippen LogP contribution is -2.48. The third kappa shape index (κ3) is 6.25. The van der Waals surface area contributed by atoms with Crippen LogP contribution in [0.4, 0.5) is 5.69 Å². The van der Waals surface area contributed by atoms with Crippen LogP contribution in [-0.2, 0) is 26.7 Å². The molecule has 210 valence electrons. The molecular weight excluding hydrogens is 508 g/mol. The summed E-state index contributed by atoms with van der Waals surface area (Å²) in [6, 6.07) is 13.0. The molecule has 5 rings (SSSR count). The van der Waals surface area contributed by atoms with Gasteiger partial charge in [-0.15, -0.1) is 0 Å². The Hall–Kier alpha value is -2.64. The Labute approximate surface area is 233 Å². The standard InChI is InChI=1S/C32H42N2O4S/c1-32(2,3)24-14-19-30-29(21-24)23(22-38-30)20-31(35)33-25-15-17-28(18-16-25)39(36,37)34(26-10-6-4-7-11-26)27-12-8-5-9-13-27/h14-19,21-22,26-27H,4-13,20H2,1-3H3,(H,33,35). The van der Waals surface area contributed by atoms with Gasteiger partial charge in [-0.05, 0) is 73.1 Å². The highest BCUT2D eigenvalue weighted by atomic mass is 32.2. The van der Waals surface area contributed by atoms with Crippen molar-refractivity contribution in [1.29, 1.82) is 0 Å². The summed E-state index contributed by atoms with van der Waals surface area (Å²) in [5.41, 5.74) is 3.37. The van der Waals surface area contributed by atoms with E-state index < -0.39 is 10.0 Å². The van der Waals surface area contributed by atoms with E-state index in [-0.39, 0.29) is 29.8 Å². The number of furan rings is 1. The molecule has 0 bridgehead atoms. The van der Waals surface area contributed by atoms with E-state index in [1.807, 2.05) is 10.4 Å². The lowest BCUT2D eigenvalue weighted by Gasteiger charge is -2.40. The zero-order chi connectivity index (χ0) is 27.6. The molecule has 2 aliphatic rings. The average Bonchev–Trinajstić information content (AvgIpc) is 3.31. The zero-order valence-corrected chi connectivity index (χ0v) is 24.4. The maximum atomic E-state index is 13.9. The number of nitrogens with zero attached hydrogens (tertiary/aromatic N) is 1. The molecule has 2 saturated carbocycles. The normalized spacial score (nSPS) is 18.1. The van der Waals surface area contributed by atoms with Crippen molar-refractivity contribution in [1.82, 2.24) is 4.31 Å². The van der Waals surface area contributed by atoms with Gasteiger partial charge >= 0.3 is 0 Å². The van der Waals surface area contributed by atoms with Crippen molar-refractivity contribution < 1.29 is 17.6 Å². The van der Waals surface area contributed by atoms with Gasteiger partial charge in [-0.2, -0.15) is 4.31 Å². The van der Waals surface area contributed by atoms with Crippen LogP contribution in [0.5, 0.6) is 0 Å². The van der Waals surface area contributed by atoms with E-state index in [1.165, 1.54) is 18.4 Å². The minimum Gasteiger partial charge on any atom is -0.464 e. The minimum atomic E-state index is -3.62. The molecule has 1 aromatic heterocycles. The molecule has 39 heavy (non-hydrogen) atoms. The predicted octanol–water partition coefficient (Wildman–Crippen LogP) is 7.57. The number of fused-ring (bicyclic) bond motifs is 1. The van der Waals surface area contributed by atoms with Gasteiger partial charge in [0.25, 0.3) is 0 Å². The lowest BCUT2D eigenvalue weighted by atomic mass is 9.86. The van der Waals surface area contributed by atoms with E-state index >= 15 is 0 Å². The Morgan fingerprint density at radius 2 is 1.49 bits per heavy atom. The van der Waals surface area contributed by atoms with E-state index in [0.29, 0.717) is 10.6 Å². The Bertz CT molecular complexity index is 1370. The van der Waals surface area contributed by atoms with Crippen molar-refractivity contribution in [2.24, 2.45) is 0 Å². The van der Waals surface area contributed by atoms with Crippen LogP contribution in [0.3, 0.4) is 0 Å². The summed E-state index contributed by atoms with van der Waals surface area (Å²) in [7, 11) is -3.62. The van der Waals surface area contributed by atoms with E-state index in [2.05, 4.69) is 38.2 Å². The maximum Gasteiger partial charge on any atom is 0.243 e. The zero-order valence-electron chi connectivity index (χ0n) is 23.5. The fraction of sp³-hybridized carbons (Fsp3) is 0.531. The van der Waals surface area contributed by atoms with Gasteiger partial charge in [0.05, 0.1) is 17.6 Å². The van der Waals surface area contributed by atoms with Crippen LogP contribution in [0.15, 0.2) is 58.0 Å². The number of sulfonamides is 1. The van der Waals surface area contributed by atoms with Crippen molar-refractivity contribution in [3.05, 3.63) is 59.9 Å².